The molecule has 0 unspecified atom stereocenters. The summed E-state index contributed by atoms with van der Waals surface area (Å²) in [6.45, 7) is 4.61. The smallest absolute Gasteiger partial charge is 0.254 e. The van der Waals surface area contributed by atoms with E-state index in [1.54, 1.807) is 0 Å². The molecule has 0 bridgehead atoms. The zero-order valence-corrected chi connectivity index (χ0v) is 19.2. The number of amides is 2. The van der Waals surface area contributed by atoms with Gasteiger partial charge in [-0.3, -0.25) is 14.5 Å². The first-order valence-corrected chi connectivity index (χ1v) is 12.3. The summed E-state index contributed by atoms with van der Waals surface area (Å²) in [5, 5.41) is 0. The summed E-state index contributed by atoms with van der Waals surface area (Å²) >= 11 is 0. The van der Waals surface area contributed by atoms with Crippen molar-refractivity contribution in [3.8, 4) is 0 Å². The van der Waals surface area contributed by atoms with Gasteiger partial charge in [-0.2, -0.15) is 0 Å². The lowest BCUT2D eigenvalue weighted by atomic mass is 9.83. The highest BCUT2D eigenvalue weighted by Gasteiger charge is 2.38. The Morgan fingerprint density at radius 2 is 1.85 bits per heavy atom. The van der Waals surface area contributed by atoms with Gasteiger partial charge in [0.2, 0.25) is 5.91 Å². The lowest BCUT2D eigenvalue weighted by Gasteiger charge is -2.47. The fraction of sp³-hybridized carbons (Fsp3) is 0.429. The van der Waals surface area contributed by atoms with Crippen LogP contribution in [-0.2, 0) is 4.79 Å². The molecule has 3 saturated heterocycles. The molecular weight excluding hydrogens is 410 g/mol. The van der Waals surface area contributed by atoms with E-state index in [9.17, 15) is 9.59 Å². The lowest BCUT2D eigenvalue weighted by molar-refractivity contribution is -0.117. The molecule has 5 rings (SSSR count). The number of piperidine rings is 2. The van der Waals surface area contributed by atoms with Gasteiger partial charge in [0.05, 0.1) is 0 Å². The zero-order valence-electron chi connectivity index (χ0n) is 19.2. The number of rotatable bonds is 5. The number of hydrogen-bond acceptors (Lipinski definition) is 3. The van der Waals surface area contributed by atoms with E-state index in [1.807, 2.05) is 35.2 Å². The summed E-state index contributed by atoms with van der Waals surface area (Å²) in [6, 6.07) is 18.4. The molecule has 172 valence electrons. The Labute approximate surface area is 196 Å². The van der Waals surface area contributed by atoms with Crippen molar-refractivity contribution >= 4 is 23.6 Å². The topological polar surface area (TPSA) is 43.9 Å². The normalized spacial score (nSPS) is 23.8. The van der Waals surface area contributed by atoms with E-state index in [4.69, 9.17) is 0 Å². The summed E-state index contributed by atoms with van der Waals surface area (Å²) < 4.78 is 0. The average Bonchev–Trinajstić information content (AvgIpc) is 3.29. The predicted octanol–water partition coefficient (Wildman–Crippen LogP) is 4.45. The molecule has 2 atom stereocenters. The van der Waals surface area contributed by atoms with Gasteiger partial charge in [-0.1, -0.05) is 48.6 Å². The monoisotopic (exact) mass is 443 g/mol. The third kappa shape index (κ3) is 4.88. The highest BCUT2D eigenvalue weighted by Crippen LogP contribution is 2.32. The van der Waals surface area contributed by atoms with E-state index in [0.717, 1.165) is 57.7 Å². The van der Waals surface area contributed by atoms with E-state index in [1.165, 1.54) is 12.0 Å². The first kappa shape index (κ1) is 21.9. The van der Waals surface area contributed by atoms with E-state index in [0.29, 0.717) is 23.9 Å². The minimum Gasteiger partial charge on any atom is -0.335 e. The third-order valence-electron chi connectivity index (χ3n) is 7.36. The largest absolute Gasteiger partial charge is 0.335 e. The molecule has 2 aromatic carbocycles. The van der Waals surface area contributed by atoms with Crippen LogP contribution < -0.4 is 4.90 Å². The number of nitrogens with zero attached hydrogens (tertiary/aromatic N) is 3. The predicted molar refractivity (Wildman–Crippen MR) is 132 cm³/mol. The second-order valence-electron chi connectivity index (χ2n) is 9.53. The Morgan fingerprint density at radius 3 is 2.67 bits per heavy atom. The number of fused-ring (bicyclic) bond motifs is 1. The molecule has 0 saturated carbocycles. The van der Waals surface area contributed by atoms with Crippen molar-refractivity contribution in [1.29, 1.82) is 0 Å². The molecule has 0 aliphatic carbocycles. The van der Waals surface area contributed by atoms with Gasteiger partial charge in [-0.15, -0.1) is 0 Å². The van der Waals surface area contributed by atoms with Crippen molar-refractivity contribution in [3.05, 3.63) is 71.8 Å². The molecule has 5 heteroatoms. The first-order chi connectivity index (χ1) is 16.2. The molecule has 2 aromatic rings. The van der Waals surface area contributed by atoms with Gasteiger partial charge < -0.3 is 9.80 Å². The summed E-state index contributed by atoms with van der Waals surface area (Å²) in [5.41, 5.74) is 2.80. The number of hydrogen-bond donors (Lipinski definition) is 0. The average molecular weight is 444 g/mol. The minimum absolute atomic E-state index is 0.121. The van der Waals surface area contributed by atoms with Gasteiger partial charge in [0.1, 0.15) is 0 Å². The molecule has 3 aliphatic heterocycles. The van der Waals surface area contributed by atoms with E-state index < -0.39 is 0 Å². The molecule has 3 aliphatic rings. The third-order valence-corrected chi connectivity index (χ3v) is 7.36. The number of likely N-dealkylation sites (tertiary alicyclic amines) is 2. The van der Waals surface area contributed by atoms with Crippen LogP contribution in [0.15, 0.2) is 60.7 Å². The molecule has 2 amide bonds. The number of benzene rings is 2. The van der Waals surface area contributed by atoms with Crippen LogP contribution in [0.2, 0.25) is 0 Å². The maximum absolute atomic E-state index is 13.5. The van der Waals surface area contributed by atoms with Gasteiger partial charge in [0, 0.05) is 56.4 Å². The van der Waals surface area contributed by atoms with Crippen LogP contribution in [0.3, 0.4) is 0 Å². The maximum atomic E-state index is 13.5. The van der Waals surface area contributed by atoms with Crippen molar-refractivity contribution in [2.24, 2.45) is 5.92 Å². The Morgan fingerprint density at radius 1 is 0.970 bits per heavy atom. The fourth-order valence-electron chi connectivity index (χ4n) is 5.69. The molecule has 33 heavy (non-hydrogen) atoms. The SMILES string of the molecule is O=C1CCCN1c1cccc(C(=O)N2CCC[C@@H]3CN(C/C=C/c4ccccc4)CC[C@H]32)c1. The second kappa shape index (κ2) is 9.92. The molecule has 3 heterocycles. The maximum Gasteiger partial charge on any atom is 0.254 e. The standard InChI is InChI=1S/C28H33N3O2/c32-27-14-7-17-30(27)25-13-4-11-23(20-25)28(33)31-18-6-12-24-21-29(19-15-26(24)31)16-5-10-22-8-2-1-3-9-22/h1-5,8-11,13,20,24,26H,6-7,12,14-19,21H2/b10-5+/t24-,26-/m1/s1. The van der Waals surface area contributed by atoms with Crippen LogP contribution >= 0.6 is 0 Å². The molecule has 0 N–H and O–H groups in total. The summed E-state index contributed by atoms with van der Waals surface area (Å²) in [7, 11) is 0. The van der Waals surface area contributed by atoms with Crippen molar-refractivity contribution in [1.82, 2.24) is 9.80 Å². The quantitative estimate of drug-likeness (QED) is 0.686. The van der Waals surface area contributed by atoms with Crippen LogP contribution in [0.5, 0.6) is 0 Å². The van der Waals surface area contributed by atoms with Gasteiger partial charge >= 0.3 is 0 Å². The van der Waals surface area contributed by atoms with Crippen LogP contribution in [-0.4, -0.2) is 60.4 Å². The van der Waals surface area contributed by atoms with E-state index in [-0.39, 0.29) is 11.8 Å². The number of carbonyl (C=O) groups excluding carboxylic acids is 2. The van der Waals surface area contributed by atoms with Crippen molar-refractivity contribution in [2.45, 2.75) is 38.1 Å². The van der Waals surface area contributed by atoms with Crippen molar-refractivity contribution in [2.75, 3.05) is 37.6 Å². The van der Waals surface area contributed by atoms with Gasteiger partial charge in [0.25, 0.3) is 5.91 Å². The van der Waals surface area contributed by atoms with Crippen LogP contribution in [0.25, 0.3) is 6.08 Å². The molecular formula is C28H33N3O2. The highest BCUT2D eigenvalue weighted by molar-refractivity contribution is 5.99. The van der Waals surface area contributed by atoms with Gasteiger partial charge in [-0.05, 0) is 55.4 Å². The number of carbonyl (C=O) groups is 2. The Bertz CT molecular complexity index is 1020. The first-order valence-electron chi connectivity index (χ1n) is 12.3. The Balaban J connectivity index is 1.23. The summed E-state index contributed by atoms with van der Waals surface area (Å²) in [5.74, 6) is 0.812. The van der Waals surface area contributed by atoms with Gasteiger partial charge in [0.15, 0.2) is 0 Å². The Kier molecular flexibility index (Phi) is 6.58. The molecule has 5 nitrogen and oxygen atoms in total. The minimum atomic E-state index is 0.121. The van der Waals surface area contributed by atoms with Crippen LogP contribution in [0, 0.1) is 5.92 Å². The molecule has 3 fully saturated rings. The van der Waals surface area contributed by atoms with Crippen LogP contribution in [0.4, 0.5) is 5.69 Å². The van der Waals surface area contributed by atoms with Crippen molar-refractivity contribution < 1.29 is 9.59 Å². The fourth-order valence-corrected chi connectivity index (χ4v) is 5.69. The van der Waals surface area contributed by atoms with Crippen LogP contribution in [0.1, 0.15) is 48.0 Å². The van der Waals surface area contributed by atoms with Gasteiger partial charge in [-0.25, -0.2) is 0 Å². The lowest BCUT2D eigenvalue weighted by Crippen LogP contribution is -2.55. The highest BCUT2D eigenvalue weighted by atomic mass is 16.2. The molecule has 0 aromatic heterocycles. The summed E-state index contributed by atoms with van der Waals surface area (Å²) in [4.78, 5) is 32.1. The Hall–Kier alpha value is -2.92. The molecule has 0 spiro atoms. The van der Waals surface area contributed by atoms with Crippen molar-refractivity contribution in [3.63, 3.8) is 0 Å². The number of anilines is 1. The zero-order chi connectivity index (χ0) is 22.6. The van der Waals surface area contributed by atoms with E-state index in [2.05, 4.69) is 46.2 Å². The van der Waals surface area contributed by atoms with E-state index >= 15 is 0 Å². The summed E-state index contributed by atoms with van der Waals surface area (Å²) in [6.07, 6.45) is 9.23. The second-order valence-corrected chi connectivity index (χ2v) is 9.53. The molecule has 0 radical (unpaired) electrons.